The number of hydrogen-bond donors (Lipinski definition) is 1. The normalized spacial score (nSPS) is 19.8. The highest BCUT2D eigenvalue weighted by Gasteiger charge is 2.51. The van der Waals surface area contributed by atoms with E-state index in [0.29, 0.717) is 30.7 Å². The van der Waals surface area contributed by atoms with Crippen molar-refractivity contribution in [1.29, 1.82) is 0 Å². The van der Waals surface area contributed by atoms with Crippen LogP contribution in [0.2, 0.25) is 0 Å². The summed E-state index contributed by atoms with van der Waals surface area (Å²) in [7, 11) is 0. The first-order valence-corrected chi connectivity index (χ1v) is 11.7. The molecular formula is C23H25N4O4S+. The number of likely N-dealkylation sites (tertiary alicyclic amines) is 2. The maximum absolute atomic E-state index is 13.0. The minimum atomic E-state index is -0.564. The van der Waals surface area contributed by atoms with Crippen LogP contribution >= 0.6 is 11.8 Å². The molecule has 0 bridgehead atoms. The molecule has 0 aromatic heterocycles. The van der Waals surface area contributed by atoms with Crippen LogP contribution in [0.4, 0.5) is 5.69 Å². The summed E-state index contributed by atoms with van der Waals surface area (Å²) in [4.78, 5) is 53.1. The van der Waals surface area contributed by atoms with Crippen molar-refractivity contribution >= 4 is 35.0 Å². The molecule has 32 heavy (non-hydrogen) atoms. The van der Waals surface area contributed by atoms with Crippen LogP contribution in [0.5, 0.6) is 0 Å². The number of nitrogens with two attached hydrogens (primary N) is 1. The number of rotatable bonds is 7. The molecule has 2 atom stereocenters. The highest BCUT2D eigenvalue weighted by molar-refractivity contribution is 7.98. The van der Waals surface area contributed by atoms with Crippen LogP contribution in [0.15, 0.2) is 54.6 Å². The molecule has 2 N–H and O–H groups in total. The number of nitroso groups, excluding NO2 is 1. The van der Waals surface area contributed by atoms with Gasteiger partial charge >= 0.3 is 0 Å². The second kappa shape index (κ2) is 9.52. The molecule has 2 aliphatic rings. The van der Waals surface area contributed by atoms with Crippen LogP contribution < -0.4 is 5.84 Å². The fourth-order valence-corrected chi connectivity index (χ4v) is 5.25. The number of carbonyl (C=O) groups is 3. The summed E-state index contributed by atoms with van der Waals surface area (Å²) < 4.78 is 0. The Morgan fingerprint density at radius 3 is 2.47 bits per heavy atom. The quantitative estimate of drug-likeness (QED) is 0.299. The maximum atomic E-state index is 13.0. The van der Waals surface area contributed by atoms with E-state index in [2.05, 4.69) is 12.1 Å². The standard InChI is InChI=1S/C23H25N4O4S/c24-27(31)18-8-6-17(7-9-18)23(30)26-14-20(28)22-19(26)10-12-25(22)21(29)11-13-32-15-16-4-2-1-3-5-16/h1-9,19,22H,10-15H2,(H2,24,31)/q+1. The van der Waals surface area contributed by atoms with Gasteiger partial charge in [0.05, 0.1) is 17.5 Å². The van der Waals surface area contributed by atoms with Gasteiger partial charge in [-0.2, -0.15) is 17.6 Å². The largest absolute Gasteiger partial charge is 0.330 e. The highest BCUT2D eigenvalue weighted by Crippen LogP contribution is 2.31. The zero-order chi connectivity index (χ0) is 22.7. The van der Waals surface area contributed by atoms with E-state index in [9.17, 15) is 19.3 Å². The molecule has 8 nitrogen and oxygen atoms in total. The van der Waals surface area contributed by atoms with Crippen LogP contribution in [-0.4, -0.2) is 63.2 Å². The second-order valence-corrected chi connectivity index (χ2v) is 9.05. The monoisotopic (exact) mass is 453 g/mol. The van der Waals surface area contributed by atoms with Gasteiger partial charge in [-0.05, 0) is 24.1 Å². The molecule has 0 spiro atoms. The van der Waals surface area contributed by atoms with Gasteiger partial charge in [0, 0.05) is 42.2 Å². The molecular weight excluding hydrogens is 428 g/mol. The van der Waals surface area contributed by atoms with Crippen molar-refractivity contribution in [3.05, 3.63) is 70.6 Å². The Morgan fingerprint density at radius 1 is 1.06 bits per heavy atom. The van der Waals surface area contributed by atoms with Crippen molar-refractivity contribution in [2.24, 2.45) is 5.84 Å². The molecule has 2 fully saturated rings. The van der Waals surface area contributed by atoms with Crippen molar-refractivity contribution in [3.63, 3.8) is 0 Å². The van der Waals surface area contributed by atoms with E-state index >= 15 is 0 Å². The predicted octanol–water partition coefficient (Wildman–Crippen LogP) is 2.29. The molecule has 9 heteroatoms. The van der Waals surface area contributed by atoms with Gasteiger partial charge in [-0.15, -0.1) is 0 Å². The number of ketones is 1. The minimum Gasteiger partial charge on any atom is -0.330 e. The van der Waals surface area contributed by atoms with Gasteiger partial charge in [-0.1, -0.05) is 30.3 Å². The average molecular weight is 454 g/mol. The lowest BCUT2D eigenvalue weighted by Gasteiger charge is -2.24. The topological polar surface area (TPSA) is 104 Å². The number of Topliss-reactive ketones (excluding diaryl/α,β-unsaturated/α-hetero) is 1. The van der Waals surface area contributed by atoms with E-state index in [1.165, 1.54) is 29.8 Å². The smallest absolute Gasteiger partial charge is 0.291 e. The number of fused-ring (bicyclic) bond motifs is 1. The van der Waals surface area contributed by atoms with Gasteiger partial charge in [0.2, 0.25) is 5.91 Å². The van der Waals surface area contributed by atoms with Crippen LogP contribution in [0.25, 0.3) is 0 Å². The highest BCUT2D eigenvalue weighted by atomic mass is 32.2. The van der Waals surface area contributed by atoms with Crippen LogP contribution in [0.1, 0.15) is 28.8 Å². The summed E-state index contributed by atoms with van der Waals surface area (Å²) in [5.74, 6) is 6.27. The van der Waals surface area contributed by atoms with Gasteiger partial charge in [0.25, 0.3) is 11.6 Å². The molecule has 166 valence electrons. The van der Waals surface area contributed by atoms with E-state index in [0.717, 1.165) is 5.75 Å². The van der Waals surface area contributed by atoms with Crippen LogP contribution in [0.3, 0.4) is 0 Å². The zero-order valence-corrected chi connectivity index (χ0v) is 18.4. The van der Waals surface area contributed by atoms with Crippen molar-refractivity contribution in [1.82, 2.24) is 9.80 Å². The number of hydrogen-bond acceptors (Lipinski definition) is 5. The molecule has 0 aliphatic carbocycles. The third-order valence-electron chi connectivity index (χ3n) is 5.94. The first kappa shape index (κ1) is 22.0. The number of carbonyl (C=O) groups excluding carboxylic acids is 3. The summed E-state index contributed by atoms with van der Waals surface area (Å²) in [5, 5.41) is 0. The number of nitrogens with zero attached hydrogens (tertiary/aromatic N) is 3. The third-order valence-corrected chi connectivity index (χ3v) is 6.97. The Labute approximate surface area is 190 Å². The van der Waals surface area contributed by atoms with Crippen molar-refractivity contribution in [2.75, 3.05) is 18.8 Å². The first-order chi connectivity index (χ1) is 15.5. The fourth-order valence-electron chi connectivity index (χ4n) is 4.36. The SMILES string of the molecule is N[N+](=O)c1ccc(C(=O)N2CC(=O)C3C2CCN3C(=O)CCSCc2ccccc2)cc1. The summed E-state index contributed by atoms with van der Waals surface area (Å²) in [6, 6.07) is 15.2. The predicted molar refractivity (Wildman–Crippen MR) is 121 cm³/mol. The van der Waals surface area contributed by atoms with E-state index in [1.54, 1.807) is 21.6 Å². The van der Waals surface area contributed by atoms with Gasteiger partial charge in [0.1, 0.15) is 6.04 Å². The summed E-state index contributed by atoms with van der Waals surface area (Å²) >= 11 is 1.69. The molecule has 0 saturated carbocycles. The third kappa shape index (κ3) is 4.52. The molecule has 2 aromatic carbocycles. The molecule has 2 saturated heterocycles. The molecule has 2 aromatic rings. The van der Waals surface area contributed by atoms with Crippen LogP contribution in [0, 0.1) is 4.91 Å². The second-order valence-electron chi connectivity index (χ2n) is 7.95. The molecule has 0 radical (unpaired) electrons. The summed E-state index contributed by atoms with van der Waals surface area (Å²) in [6.45, 7) is 0.470. The van der Waals surface area contributed by atoms with E-state index in [4.69, 9.17) is 5.84 Å². The molecule has 2 amide bonds. The molecule has 2 aliphatic heterocycles. The zero-order valence-electron chi connectivity index (χ0n) is 17.6. The Morgan fingerprint density at radius 2 is 1.78 bits per heavy atom. The first-order valence-electron chi connectivity index (χ1n) is 10.5. The Hall–Kier alpha value is -3.20. The summed E-state index contributed by atoms with van der Waals surface area (Å²) in [6.07, 6.45) is 0.953. The number of amides is 2. The van der Waals surface area contributed by atoms with E-state index in [1.807, 2.05) is 18.2 Å². The number of benzene rings is 2. The lowest BCUT2D eigenvalue weighted by atomic mass is 10.1. The Balaban J connectivity index is 1.34. The maximum Gasteiger partial charge on any atom is 0.291 e. The van der Waals surface area contributed by atoms with Gasteiger partial charge < -0.3 is 9.80 Å². The van der Waals surface area contributed by atoms with Crippen molar-refractivity contribution in [2.45, 2.75) is 30.7 Å². The van der Waals surface area contributed by atoms with E-state index < -0.39 is 6.04 Å². The minimum absolute atomic E-state index is 0.00692. The average Bonchev–Trinajstić information content (AvgIpc) is 3.38. The summed E-state index contributed by atoms with van der Waals surface area (Å²) in [5.41, 5.74) is 1.83. The van der Waals surface area contributed by atoms with E-state index in [-0.39, 0.29) is 40.7 Å². The number of hydrazine groups is 1. The fraction of sp³-hybridized carbons (Fsp3) is 0.348. The Kier molecular flexibility index (Phi) is 6.55. The van der Waals surface area contributed by atoms with Gasteiger partial charge in [-0.25, -0.2) is 0 Å². The molecule has 4 rings (SSSR count). The Bertz CT molecular complexity index is 1030. The molecule has 2 heterocycles. The lowest BCUT2D eigenvalue weighted by Crippen LogP contribution is -2.43. The van der Waals surface area contributed by atoms with Gasteiger partial charge in [0.15, 0.2) is 10.7 Å². The van der Waals surface area contributed by atoms with Crippen molar-refractivity contribution in [3.8, 4) is 0 Å². The van der Waals surface area contributed by atoms with Crippen molar-refractivity contribution < 1.29 is 19.3 Å². The van der Waals surface area contributed by atoms with Gasteiger partial charge in [-0.3, -0.25) is 14.4 Å². The van der Waals surface area contributed by atoms with Crippen LogP contribution in [-0.2, 0) is 15.3 Å². The number of thioether (sulfide) groups is 1. The molecule has 2 unspecified atom stereocenters. The lowest BCUT2D eigenvalue weighted by molar-refractivity contribution is -0.474.